The minimum atomic E-state index is -0.207. The summed E-state index contributed by atoms with van der Waals surface area (Å²) in [7, 11) is 0. The van der Waals surface area contributed by atoms with E-state index in [1.807, 2.05) is 18.2 Å². The number of hydrogen-bond donors (Lipinski definition) is 1. The summed E-state index contributed by atoms with van der Waals surface area (Å²) in [5.74, 6) is 0.705. The Morgan fingerprint density at radius 1 is 1.36 bits per heavy atom. The van der Waals surface area contributed by atoms with Crippen molar-refractivity contribution in [1.29, 1.82) is 0 Å². The molecule has 0 aliphatic carbocycles. The van der Waals surface area contributed by atoms with Crippen molar-refractivity contribution in [2.24, 2.45) is 5.73 Å². The van der Waals surface area contributed by atoms with E-state index in [1.165, 1.54) is 4.88 Å². The first-order valence-electron chi connectivity index (χ1n) is 4.24. The van der Waals surface area contributed by atoms with Gasteiger partial charge in [0.2, 0.25) is 0 Å². The standard InChI is InChI=1S/C10H10ClNOS/c1-6-2-4-8(14-6)10(12)7-3-5-9(11)13-7/h2-5,10H,12H2,1H3. The molecule has 0 radical (unpaired) electrons. The van der Waals surface area contributed by atoms with Gasteiger partial charge in [-0.3, -0.25) is 0 Å². The highest BCUT2D eigenvalue weighted by molar-refractivity contribution is 7.12. The number of thiophene rings is 1. The Morgan fingerprint density at radius 3 is 2.64 bits per heavy atom. The lowest BCUT2D eigenvalue weighted by Gasteiger charge is -2.04. The molecular formula is C10H10ClNOS. The fourth-order valence-corrected chi connectivity index (χ4v) is 2.30. The topological polar surface area (TPSA) is 39.2 Å². The molecule has 14 heavy (non-hydrogen) atoms. The van der Waals surface area contributed by atoms with Crippen LogP contribution < -0.4 is 5.73 Å². The summed E-state index contributed by atoms with van der Waals surface area (Å²) in [6.45, 7) is 2.05. The fraction of sp³-hybridized carbons (Fsp3) is 0.200. The number of furan rings is 1. The van der Waals surface area contributed by atoms with Crippen molar-refractivity contribution in [2.45, 2.75) is 13.0 Å². The van der Waals surface area contributed by atoms with E-state index in [0.717, 1.165) is 4.88 Å². The second-order valence-electron chi connectivity index (χ2n) is 3.07. The molecule has 4 heteroatoms. The minimum absolute atomic E-state index is 0.207. The van der Waals surface area contributed by atoms with Gasteiger partial charge in [0.1, 0.15) is 5.76 Å². The number of hydrogen-bond acceptors (Lipinski definition) is 3. The van der Waals surface area contributed by atoms with Crippen LogP contribution in [0.3, 0.4) is 0 Å². The van der Waals surface area contributed by atoms with Gasteiger partial charge in [-0.2, -0.15) is 0 Å². The molecule has 2 rings (SSSR count). The van der Waals surface area contributed by atoms with Gasteiger partial charge in [-0.25, -0.2) is 0 Å². The molecule has 2 nitrogen and oxygen atoms in total. The SMILES string of the molecule is Cc1ccc(C(N)c2ccc(Cl)o2)s1. The lowest BCUT2D eigenvalue weighted by atomic mass is 10.2. The molecule has 0 saturated heterocycles. The van der Waals surface area contributed by atoms with Crippen LogP contribution in [0.2, 0.25) is 5.22 Å². The summed E-state index contributed by atoms with van der Waals surface area (Å²) in [6, 6.07) is 7.37. The Bertz CT molecular complexity index is 395. The number of nitrogens with two attached hydrogens (primary N) is 1. The zero-order valence-electron chi connectivity index (χ0n) is 7.66. The minimum Gasteiger partial charge on any atom is -0.448 e. The normalized spacial score (nSPS) is 13.1. The molecule has 0 saturated carbocycles. The molecule has 1 unspecified atom stereocenters. The fourth-order valence-electron chi connectivity index (χ4n) is 1.26. The van der Waals surface area contributed by atoms with Crippen LogP contribution in [0.25, 0.3) is 0 Å². The number of rotatable bonds is 2. The third kappa shape index (κ3) is 1.85. The summed E-state index contributed by atoms with van der Waals surface area (Å²) in [5, 5.41) is 0.378. The van der Waals surface area contributed by atoms with Crippen LogP contribution in [-0.4, -0.2) is 0 Å². The van der Waals surface area contributed by atoms with Crippen molar-refractivity contribution in [1.82, 2.24) is 0 Å². The van der Waals surface area contributed by atoms with Crippen molar-refractivity contribution in [3.05, 3.63) is 45.0 Å². The van der Waals surface area contributed by atoms with Crippen LogP contribution in [0, 0.1) is 6.92 Å². The quantitative estimate of drug-likeness (QED) is 0.855. The number of aryl methyl sites for hydroxylation is 1. The molecule has 0 bridgehead atoms. The molecule has 74 valence electrons. The van der Waals surface area contributed by atoms with Crippen LogP contribution in [0.15, 0.2) is 28.7 Å². The summed E-state index contributed by atoms with van der Waals surface area (Å²) in [6.07, 6.45) is 0. The highest BCUT2D eigenvalue weighted by atomic mass is 35.5. The van der Waals surface area contributed by atoms with Crippen LogP contribution in [0.1, 0.15) is 21.6 Å². The average molecular weight is 228 g/mol. The first kappa shape index (κ1) is 9.77. The molecule has 2 aromatic heterocycles. The van der Waals surface area contributed by atoms with E-state index < -0.39 is 0 Å². The van der Waals surface area contributed by atoms with Gasteiger partial charge in [0.05, 0.1) is 6.04 Å². The zero-order valence-corrected chi connectivity index (χ0v) is 9.23. The van der Waals surface area contributed by atoms with Crippen LogP contribution in [-0.2, 0) is 0 Å². The van der Waals surface area contributed by atoms with Gasteiger partial charge in [-0.1, -0.05) is 0 Å². The van der Waals surface area contributed by atoms with E-state index in [1.54, 1.807) is 17.4 Å². The maximum atomic E-state index is 6.00. The van der Waals surface area contributed by atoms with E-state index >= 15 is 0 Å². The summed E-state index contributed by atoms with van der Waals surface area (Å²) in [5.41, 5.74) is 6.00. The van der Waals surface area contributed by atoms with E-state index in [9.17, 15) is 0 Å². The van der Waals surface area contributed by atoms with Crippen LogP contribution in [0.5, 0.6) is 0 Å². The van der Waals surface area contributed by atoms with Gasteiger partial charge in [-0.05, 0) is 42.8 Å². The molecule has 2 N–H and O–H groups in total. The lowest BCUT2D eigenvalue weighted by molar-refractivity contribution is 0.493. The predicted octanol–water partition coefficient (Wildman–Crippen LogP) is 3.35. The summed E-state index contributed by atoms with van der Waals surface area (Å²) < 4.78 is 5.26. The van der Waals surface area contributed by atoms with Gasteiger partial charge in [0.15, 0.2) is 5.22 Å². The summed E-state index contributed by atoms with van der Waals surface area (Å²) >= 11 is 7.35. The molecule has 2 heterocycles. The molecule has 0 aromatic carbocycles. The van der Waals surface area contributed by atoms with Crippen molar-refractivity contribution in [3.63, 3.8) is 0 Å². The van der Waals surface area contributed by atoms with Crippen molar-refractivity contribution in [2.75, 3.05) is 0 Å². The van der Waals surface area contributed by atoms with E-state index in [0.29, 0.717) is 11.0 Å². The molecule has 0 aliphatic heterocycles. The molecule has 0 aliphatic rings. The van der Waals surface area contributed by atoms with Gasteiger partial charge < -0.3 is 10.2 Å². The highest BCUT2D eigenvalue weighted by Crippen LogP contribution is 2.28. The maximum absolute atomic E-state index is 6.00. The van der Waals surface area contributed by atoms with Crippen molar-refractivity contribution >= 4 is 22.9 Å². The van der Waals surface area contributed by atoms with E-state index in [-0.39, 0.29) is 6.04 Å². The Hall–Kier alpha value is -0.770. The second kappa shape index (κ2) is 3.77. The smallest absolute Gasteiger partial charge is 0.193 e. The maximum Gasteiger partial charge on any atom is 0.193 e. The van der Waals surface area contributed by atoms with Gasteiger partial charge >= 0.3 is 0 Å². The van der Waals surface area contributed by atoms with E-state index in [4.69, 9.17) is 21.8 Å². The largest absolute Gasteiger partial charge is 0.448 e. The highest BCUT2D eigenvalue weighted by Gasteiger charge is 2.14. The Balaban J connectivity index is 2.28. The van der Waals surface area contributed by atoms with Crippen LogP contribution in [0.4, 0.5) is 0 Å². The van der Waals surface area contributed by atoms with Crippen molar-refractivity contribution in [3.8, 4) is 0 Å². The van der Waals surface area contributed by atoms with Crippen molar-refractivity contribution < 1.29 is 4.42 Å². The summed E-state index contributed by atoms with van der Waals surface area (Å²) in [4.78, 5) is 2.33. The first-order valence-corrected chi connectivity index (χ1v) is 5.43. The third-order valence-corrected chi connectivity index (χ3v) is 3.26. The molecule has 2 aromatic rings. The average Bonchev–Trinajstić information content (AvgIpc) is 2.73. The Kier molecular flexibility index (Phi) is 2.63. The van der Waals surface area contributed by atoms with Gasteiger partial charge in [0.25, 0.3) is 0 Å². The monoisotopic (exact) mass is 227 g/mol. The molecule has 0 amide bonds. The van der Waals surface area contributed by atoms with Gasteiger partial charge in [-0.15, -0.1) is 11.3 Å². The van der Waals surface area contributed by atoms with Gasteiger partial charge in [0, 0.05) is 9.75 Å². The molecular weight excluding hydrogens is 218 g/mol. The molecule has 0 fully saturated rings. The second-order valence-corrected chi connectivity index (χ2v) is 4.76. The zero-order chi connectivity index (χ0) is 10.1. The Morgan fingerprint density at radius 2 is 2.14 bits per heavy atom. The van der Waals surface area contributed by atoms with E-state index in [2.05, 4.69) is 6.92 Å². The molecule has 1 atom stereocenters. The Labute approximate surface area is 91.3 Å². The predicted molar refractivity (Wildman–Crippen MR) is 58.8 cm³/mol. The molecule has 0 spiro atoms. The van der Waals surface area contributed by atoms with Crippen LogP contribution >= 0.6 is 22.9 Å². The number of halogens is 1. The lowest BCUT2D eigenvalue weighted by Crippen LogP contribution is -2.08. The third-order valence-electron chi connectivity index (χ3n) is 1.97. The first-order chi connectivity index (χ1) is 6.66.